The minimum atomic E-state index is -0.697. The molecule has 4 nitrogen and oxygen atoms in total. The van der Waals surface area contributed by atoms with E-state index in [9.17, 15) is 14.7 Å². The largest absolute Gasteiger partial charge is 0.481 e. The van der Waals surface area contributed by atoms with Gasteiger partial charge in [-0.05, 0) is 98.2 Å². The smallest absolute Gasteiger partial charge is 0.303 e. The van der Waals surface area contributed by atoms with Gasteiger partial charge in [-0.2, -0.15) is 0 Å². The van der Waals surface area contributed by atoms with Gasteiger partial charge in [-0.3, -0.25) is 9.59 Å². The van der Waals surface area contributed by atoms with Gasteiger partial charge in [-0.15, -0.1) is 0 Å². The molecule has 0 saturated heterocycles. The zero-order valence-corrected chi connectivity index (χ0v) is 19.4. The van der Waals surface area contributed by atoms with Crippen LogP contribution in [0.25, 0.3) is 0 Å². The van der Waals surface area contributed by atoms with Crippen LogP contribution in [0, 0.1) is 52.3 Å². The number of carboxylic acid groups (broad SMARTS) is 1. The lowest BCUT2D eigenvalue weighted by molar-refractivity contribution is -0.173. The van der Waals surface area contributed by atoms with Crippen LogP contribution in [0.3, 0.4) is 0 Å². The second kappa shape index (κ2) is 7.90. The number of ketones is 1. The average molecular weight is 419 g/mol. The molecule has 4 heteroatoms. The Morgan fingerprint density at radius 3 is 2.40 bits per heavy atom. The lowest BCUT2D eigenvalue weighted by atomic mass is 9.42. The first-order chi connectivity index (χ1) is 14.1. The minimum Gasteiger partial charge on any atom is -0.481 e. The van der Waals surface area contributed by atoms with Crippen molar-refractivity contribution in [3.63, 3.8) is 0 Å². The van der Waals surface area contributed by atoms with Crippen molar-refractivity contribution in [2.24, 2.45) is 52.3 Å². The molecule has 2 N–H and O–H groups in total. The third kappa shape index (κ3) is 3.27. The summed E-state index contributed by atoms with van der Waals surface area (Å²) in [5, 5.41) is 19.5. The third-order valence-corrected chi connectivity index (χ3v) is 10.7. The molecule has 30 heavy (non-hydrogen) atoms. The zero-order chi connectivity index (χ0) is 21.8. The van der Waals surface area contributed by atoms with E-state index < -0.39 is 5.97 Å². The molecule has 170 valence electrons. The number of Topliss-reactive ketones (excluding diaryl/α,β-unsaturated/α-hetero) is 1. The lowest BCUT2D eigenvalue weighted by Crippen LogP contribution is -2.60. The Labute approximate surface area is 182 Å². The Balaban J connectivity index is 1.62. The maximum Gasteiger partial charge on any atom is 0.303 e. The fourth-order valence-electron chi connectivity index (χ4n) is 9.16. The molecule has 10 atom stereocenters. The zero-order valence-electron chi connectivity index (χ0n) is 19.4. The van der Waals surface area contributed by atoms with Gasteiger partial charge >= 0.3 is 5.97 Å². The molecule has 0 aliphatic heterocycles. The molecule has 0 heterocycles. The van der Waals surface area contributed by atoms with Crippen LogP contribution in [0.15, 0.2) is 0 Å². The highest BCUT2D eigenvalue weighted by Crippen LogP contribution is 2.68. The van der Waals surface area contributed by atoms with Crippen LogP contribution in [0.5, 0.6) is 0 Å². The van der Waals surface area contributed by atoms with Gasteiger partial charge in [0.15, 0.2) is 0 Å². The lowest BCUT2D eigenvalue weighted by Gasteiger charge is -2.62. The normalized spacial score (nSPS) is 49.1. The number of aliphatic hydroxyl groups excluding tert-OH is 1. The fraction of sp³-hybridized carbons (Fsp3) is 0.923. The molecule has 4 aliphatic rings. The Bertz CT molecular complexity index is 689. The van der Waals surface area contributed by atoms with Crippen molar-refractivity contribution in [2.45, 2.75) is 98.0 Å². The number of hydrogen-bond acceptors (Lipinski definition) is 3. The van der Waals surface area contributed by atoms with E-state index in [0.717, 1.165) is 51.4 Å². The van der Waals surface area contributed by atoms with Crippen molar-refractivity contribution in [1.82, 2.24) is 0 Å². The van der Waals surface area contributed by atoms with E-state index in [1.54, 1.807) is 0 Å². The van der Waals surface area contributed by atoms with Crippen molar-refractivity contribution in [2.75, 3.05) is 0 Å². The maximum absolute atomic E-state index is 13.9. The van der Waals surface area contributed by atoms with Crippen LogP contribution >= 0.6 is 0 Å². The fourth-order valence-corrected chi connectivity index (χ4v) is 9.16. The van der Waals surface area contributed by atoms with Crippen LogP contribution in [-0.4, -0.2) is 28.1 Å². The number of hydrogen-bond donors (Lipinski definition) is 2. The van der Waals surface area contributed by atoms with Crippen LogP contribution < -0.4 is 0 Å². The number of carboxylic acids is 1. The molecule has 0 aromatic heterocycles. The summed E-state index contributed by atoms with van der Waals surface area (Å²) < 4.78 is 0. The maximum atomic E-state index is 13.9. The van der Waals surface area contributed by atoms with Crippen LogP contribution in [0.1, 0.15) is 91.9 Å². The first-order valence-electron chi connectivity index (χ1n) is 12.6. The van der Waals surface area contributed by atoms with Gasteiger partial charge in [0.1, 0.15) is 5.78 Å². The molecule has 4 fully saturated rings. The Kier molecular flexibility index (Phi) is 5.87. The van der Waals surface area contributed by atoms with E-state index in [2.05, 4.69) is 27.7 Å². The second-order valence-electron chi connectivity index (χ2n) is 11.8. The standard InChI is InChI=1S/C26H42O4/c1-5-17-21-14-16(27)10-12-26(21,4)20-11-13-25(3)18(15(2)6-9-22(28)29)7-8-19(25)23(20)24(17)30/h15-21,23,27H,5-14H2,1-4H3,(H,28,29)/t15-,16+,17-,18+,19-,20-,21-,23-,25+,26+/m0/s1. The summed E-state index contributed by atoms with van der Waals surface area (Å²) in [4.78, 5) is 25.0. The first-order valence-corrected chi connectivity index (χ1v) is 12.6. The number of carbonyl (C=O) groups excluding carboxylic acids is 1. The first kappa shape index (κ1) is 22.3. The van der Waals surface area contributed by atoms with Crippen LogP contribution in [0.4, 0.5) is 0 Å². The summed E-state index contributed by atoms with van der Waals surface area (Å²) in [5.41, 5.74) is 0.358. The van der Waals surface area contributed by atoms with Gasteiger partial charge in [0, 0.05) is 18.3 Å². The van der Waals surface area contributed by atoms with Crippen LogP contribution in [0.2, 0.25) is 0 Å². The molecule has 4 rings (SSSR count). The highest BCUT2D eigenvalue weighted by Gasteiger charge is 2.65. The highest BCUT2D eigenvalue weighted by atomic mass is 16.4. The molecule has 0 aromatic rings. The number of aliphatic carboxylic acids is 1. The van der Waals surface area contributed by atoms with Gasteiger partial charge in [0.2, 0.25) is 0 Å². The number of rotatable bonds is 5. The van der Waals surface area contributed by atoms with E-state index in [-0.39, 0.29) is 35.2 Å². The Hall–Kier alpha value is -0.900. The SMILES string of the molecule is CC[C@@H]1C(=O)[C@@H]2[C@H](CC[C@]3(C)[C@@H]([C@@H](C)CCC(=O)O)CC[C@@H]23)[C@@]2(C)CC[C@@H](O)C[C@@H]12. The summed E-state index contributed by atoms with van der Waals surface area (Å²) in [6.45, 7) is 9.28. The number of aliphatic hydroxyl groups is 1. The van der Waals surface area contributed by atoms with Crippen molar-refractivity contribution in [3.05, 3.63) is 0 Å². The topological polar surface area (TPSA) is 74.6 Å². The van der Waals surface area contributed by atoms with E-state index in [4.69, 9.17) is 5.11 Å². The third-order valence-electron chi connectivity index (χ3n) is 10.7. The van der Waals surface area contributed by atoms with E-state index in [1.807, 2.05) is 0 Å². The summed E-state index contributed by atoms with van der Waals surface area (Å²) in [6, 6.07) is 0. The molecular weight excluding hydrogens is 376 g/mol. The average Bonchev–Trinajstić information content (AvgIpc) is 3.05. The van der Waals surface area contributed by atoms with Gasteiger partial charge < -0.3 is 10.2 Å². The molecule has 0 amide bonds. The summed E-state index contributed by atoms with van der Waals surface area (Å²) in [6.07, 6.45) is 9.01. The van der Waals surface area contributed by atoms with Crippen LogP contribution in [-0.2, 0) is 9.59 Å². The molecule has 0 aromatic carbocycles. The molecular formula is C26H42O4. The number of carbonyl (C=O) groups is 2. The van der Waals surface area contributed by atoms with Gasteiger partial charge in [-0.1, -0.05) is 27.7 Å². The molecule has 4 saturated carbocycles. The summed E-state index contributed by atoms with van der Waals surface area (Å²) in [5.74, 6) is 2.31. The van der Waals surface area contributed by atoms with E-state index in [1.165, 1.54) is 6.42 Å². The monoisotopic (exact) mass is 418 g/mol. The molecule has 0 unspecified atom stereocenters. The van der Waals surface area contributed by atoms with Gasteiger partial charge in [0.25, 0.3) is 0 Å². The quantitative estimate of drug-likeness (QED) is 0.633. The van der Waals surface area contributed by atoms with Crippen molar-refractivity contribution in [1.29, 1.82) is 0 Å². The molecule has 4 aliphatic carbocycles. The van der Waals surface area contributed by atoms with Gasteiger partial charge in [0.05, 0.1) is 6.10 Å². The predicted octanol–water partition coefficient (Wildman–Crippen LogP) is 5.32. The molecule has 0 radical (unpaired) electrons. The van der Waals surface area contributed by atoms with Crippen molar-refractivity contribution in [3.8, 4) is 0 Å². The summed E-state index contributed by atoms with van der Waals surface area (Å²) in [7, 11) is 0. The second-order valence-corrected chi connectivity index (χ2v) is 11.8. The van der Waals surface area contributed by atoms with Crippen molar-refractivity contribution < 1.29 is 19.8 Å². The van der Waals surface area contributed by atoms with E-state index >= 15 is 0 Å². The minimum absolute atomic E-state index is 0.108. The number of fused-ring (bicyclic) bond motifs is 5. The molecule has 0 spiro atoms. The van der Waals surface area contributed by atoms with Crippen molar-refractivity contribution >= 4 is 11.8 Å². The predicted molar refractivity (Wildman–Crippen MR) is 117 cm³/mol. The van der Waals surface area contributed by atoms with E-state index in [0.29, 0.717) is 35.4 Å². The van der Waals surface area contributed by atoms with Gasteiger partial charge in [-0.25, -0.2) is 0 Å². The highest BCUT2D eigenvalue weighted by molar-refractivity contribution is 5.86. The summed E-state index contributed by atoms with van der Waals surface area (Å²) >= 11 is 0. The molecule has 0 bridgehead atoms. The Morgan fingerprint density at radius 2 is 1.73 bits per heavy atom. The Morgan fingerprint density at radius 1 is 1.07 bits per heavy atom.